The van der Waals surface area contributed by atoms with E-state index in [1.54, 1.807) is 0 Å². The summed E-state index contributed by atoms with van der Waals surface area (Å²) >= 11 is 0. The molecule has 3 N–H and O–H groups in total. The van der Waals surface area contributed by atoms with Gasteiger partial charge in [0.15, 0.2) is 6.29 Å². The van der Waals surface area contributed by atoms with Crippen LogP contribution in [0.2, 0.25) is 11.6 Å². The molecule has 88 valence electrons. The zero-order valence-electron chi connectivity index (χ0n) is 8.96. The van der Waals surface area contributed by atoms with Crippen LogP contribution in [0.25, 0.3) is 0 Å². The molecule has 6 heteroatoms. The third kappa shape index (κ3) is 1.75. The minimum Gasteiger partial charge on any atom is -0.390 e. The number of fused-ring (bicyclic) bond motifs is 2. The van der Waals surface area contributed by atoms with E-state index in [1.165, 1.54) is 0 Å². The molecule has 0 saturated carbocycles. The minimum absolute atomic E-state index is 0.203. The van der Waals surface area contributed by atoms with Gasteiger partial charge in [-0.3, -0.25) is 0 Å². The largest absolute Gasteiger partial charge is 0.390 e. The van der Waals surface area contributed by atoms with Gasteiger partial charge in [0.25, 0.3) is 0 Å². The maximum absolute atomic E-state index is 9.68. The van der Waals surface area contributed by atoms with Crippen molar-refractivity contribution < 1.29 is 24.2 Å². The Morgan fingerprint density at radius 3 is 2.47 bits per heavy atom. The molecule has 2 heterocycles. The van der Waals surface area contributed by atoms with Crippen molar-refractivity contribution in [1.82, 2.24) is 0 Å². The summed E-state index contributed by atoms with van der Waals surface area (Å²) in [6.07, 6.45) is -3.15. The summed E-state index contributed by atoms with van der Waals surface area (Å²) in [5.74, 6) is 0. The second-order valence-corrected chi connectivity index (χ2v) is 8.40. The van der Waals surface area contributed by atoms with Gasteiger partial charge in [0.2, 0.25) is 0 Å². The van der Waals surface area contributed by atoms with Crippen molar-refractivity contribution in [2.24, 2.45) is 0 Å². The molecule has 2 fully saturated rings. The average molecular weight is 234 g/mol. The number of hydrogen-bond acceptors (Lipinski definition) is 5. The molecule has 5 nitrogen and oxygen atoms in total. The third-order valence-corrected chi connectivity index (χ3v) is 7.39. The van der Waals surface area contributed by atoms with E-state index < -0.39 is 33.2 Å². The van der Waals surface area contributed by atoms with Crippen LogP contribution in [0.4, 0.5) is 0 Å². The van der Waals surface area contributed by atoms with E-state index in [2.05, 4.69) is 0 Å². The van der Waals surface area contributed by atoms with Crippen LogP contribution in [0.3, 0.4) is 0 Å². The Kier molecular flexibility index (Phi) is 2.91. The van der Waals surface area contributed by atoms with E-state index in [9.17, 15) is 15.3 Å². The molecule has 0 spiro atoms. The summed E-state index contributed by atoms with van der Waals surface area (Å²) in [5.41, 5.74) is 0.203. The molecular formula is C9H18O5Si. The summed E-state index contributed by atoms with van der Waals surface area (Å²) in [4.78, 5) is 0. The minimum atomic E-state index is -2.43. The highest BCUT2D eigenvalue weighted by atomic mass is 28.4. The monoisotopic (exact) mass is 234 g/mol. The van der Waals surface area contributed by atoms with Gasteiger partial charge >= 0.3 is 8.56 Å². The van der Waals surface area contributed by atoms with E-state index in [1.807, 2.05) is 13.8 Å². The lowest BCUT2D eigenvalue weighted by Crippen LogP contribution is -2.67. The van der Waals surface area contributed by atoms with Gasteiger partial charge in [-0.25, -0.2) is 0 Å². The molecule has 0 radical (unpaired) electrons. The molecule has 0 aromatic heterocycles. The highest BCUT2D eigenvalue weighted by molar-refractivity contribution is 6.69. The third-order valence-electron chi connectivity index (χ3n) is 3.33. The Balaban J connectivity index is 2.24. The summed E-state index contributed by atoms with van der Waals surface area (Å²) < 4.78 is 11.2. The maximum Gasteiger partial charge on any atom is 0.343 e. The van der Waals surface area contributed by atoms with Crippen molar-refractivity contribution in [3.8, 4) is 0 Å². The van der Waals surface area contributed by atoms with Crippen molar-refractivity contribution in [3.63, 3.8) is 0 Å². The fraction of sp³-hybridized carbons (Fsp3) is 1.00. The van der Waals surface area contributed by atoms with Gasteiger partial charge in [0, 0.05) is 0 Å². The zero-order valence-corrected chi connectivity index (χ0v) is 9.96. The molecule has 5 unspecified atom stereocenters. The molecule has 2 bridgehead atoms. The Bertz CT molecular complexity index is 249. The number of hydrogen-bond donors (Lipinski definition) is 3. The Hall–Kier alpha value is 0.0169. The first-order valence-electron chi connectivity index (χ1n) is 5.36. The second kappa shape index (κ2) is 3.79. The Morgan fingerprint density at radius 2 is 1.87 bits per heavy atom. The predicted molar refractivity (Wildman–Crippen MR) is 54.3 cm³/mol. The van der Waals surface area contributed by atoms with Crippen LogP contribution in [0.5, 0.6) is 0 Å². The smallest absolute Gasteiger partial charge is 0.343 e. The van der Waals surface area contributed by atoms with Crippen molar-refractivity contribution in [2.45, 2.75) is 56.5 Å². The van der Waals surface area contributed by atoms with E-state index in [-0.39, 0.29) is 5.54 Å². The van der Waals surface area contributed by atoms with E-state index in [0.29, 0.717) is 12.5 Å². The molecule has 2 rings (SSSR count). The van der Waals surface area contributed by atoms with E-state index in [0.717, 1.165) is 0 Å². The molecule has 5 atom stereocenters. The van der Waals surface area contributed by atoms with E-state index in [4.69, 9.17) is 8.85 Å². The number of aliphatic hydroxyl groups excluding tert-OH is 3. The van der Waals surface area contributed by atoms with Crippen LogP contribution in [0.15, 0.2) is 0 Å². The van der Waals surface area contributed by atoms with Gasteiger partial charge in [0.1, 0.15) is 12.2 Å². The van der Waals surface area contributed by atoms with Crippen LogP contribution in [0.1, 0.15) is 20.3 Å². The second-order valence-electron chi connectivity index (χ2n) is 4.65. The standard InChI is InChI=1S/C9H18O5Si/c1-5(2)15-4-3-6(10)8(13-15)7(11)9(12)14-15/h5-12H,3-4H2,1-2H3. The highest BCUT2D eigenvalue weighted by Crippen LogP contribution is 2.41. The maximum atomic E-state index is 9.68. The summed E-state index contributed by atoms with van der Waals surface area (Å²) in [6.45, 7) is 3.98. The zero-order chi connectivity index (χ0) is 11.2. The van der Waals surface area contributed by atoms with E-state index >= 15 is 0 Å². The van der Waals surface area contributed by atoms with Crippen molar-refractivity contribution >= 4 is 8.56 Å². The summed E-state index contributed by atoms with van der Waals surface area (Å²) in [5, 5.41) is 28.9. The molecule has 2 aliphatic heterocycles. The van der Waals surface area contributed by atoms with Gasteiger partial charge in [0.05, 0.1) is 6.10 Å². The van der Waals surface area contributed by atoms with Gasteiger partial charge in [-0.05, 0) is 18.0 Å². The van der Waals surface area contributed by atoms with Crippen LogP contribution in [-0.2, 0) is 8.85 Å². The fourth-order valence-corrected chi connectivity index (χ4v) is 5.68. The SMILES string of the molecule is CC(C)[Si]12CCC(O)C(O1)C(O)C(O)O2. The molecule has 0 aromatic rings. The van der Waals surface area contributed by atoms with Gasteiger partial charge in [-0.2, -0.15) is 0 Å². The summed E-state index contributed by atoms with van der Waals surface area (Å²) in [7, 11) is -2.43. The van der Waals surface area contributed by atoms with Crippen molar-refractivity contribution in [3.05, 3.63) is 0 Å². The average Bonchev–Trinajstić information content (AvgIpc) is 2.18. The molecule has 2 saturated heterocycles. The predicted octanol–water partition coefficient (Wildman–Crippen LogP) is -0.302. The van der Waals surface area contributed by atoms with Gasteiger partial charge < -0.3 is 24.2 Å². The first-order valence-corrected chi connectivity index (χ1v) is 7.46. The normalized spacial score (nSPS) is 50.8. The van der Waals surface area contributed by atoms with Crippen molar-refractivity contribution in [2.75, 3.05) is 0 Å². The number of rotatable bonds is 1. The fourth-order valence-electron chi connectivity index (χ4n) is 2.26. The number of aliphatic hydroxyl groups is 3. The van der Waals surface area contributed by atoms with Crippen LogP contribution < -0.4 is 0 Å². The quantitative estimate of drug-likeness (QED) is 0.543. The molecular weight excluding hydrogens is 216 g/mol. The Morgan fingerprint density at radius 1 is 1.20 bits per heavy atom. The Labute approximate surface area is 89.9 Å². The summed E-state index contributed by atoms with van der Waals surface area (Å²) in [6, 6.07) is 0.673. The van der Waals surface area contributed by atoms with Gasteiger partial charge in [-0.15, -0.1) is 0 Å². The lowest BCUT2D eigenvalue weighted by atomic mass is 10.1. The van der Waals surface area contributed by atoms with Gasteiger partial charge in [-0.1, -0.05) is 13.8 Å². The molecule has 15 heavy (non-hydrogen) atoms. The first-order chi connectivity index (χ1) is 6.96. The van der Waals surface area contributed by atoms with Crippen LogP contribution in [-0.4, -0.2) is 48.5 Å². The highest BCUT2D eigenvalue weighted by Gasteiger charge is 2.56. The topological polar surface area (TPSA) is 79.2 Å². The first kappa shape index (κ1) is 11.5. The van der Waals surface area contributed by atoms with Crippen LogP contribution in [0, 0.1) is 0 Å². The van der Waals surface area contributed by atoms with Crippen molar-refractivity contribution in [1.29, 1.82) is 0 Å². The molecule has 2 aliphatic rings. The van der Waals surface area contributed by atoms with Crippen LogP contribution >= 0.6 is 0 Å². The molecule has 0 amide bonds. The molecule has 0 aromatic carbocycles. The molecule has 0 aliphatic carbocycles. The lowest BCUT2D eigenvalue weighted by Gasteiger charge is -2.50. The lowest BCUT2D eigenvalue weighted by molar-refractivity contribution is -0.219.